The van der Waals surface area contributed by atoms with Crippen molar-refractivity contribution in [1.29, 1.82) is 0 Å². The Morgan fingerprint density at radius 2 is 2.12 bits per heavy atom. The Labute approximate surface area is 96.7 Å². The highest BCUT2D eigenvalue weighted by Gasteiger charge is 2.08. The number of aromatic amines is 1. The van der Waals surface area contributed by atoms with Crippen LogP contribution in [0.4, 0.5) is 0 Å². The van der Waals surface area contributed by atoms with Crippen molar-refractivity contribution in [3.63, 3.8) is 0 Å². The summed E-state index contributed by atoms with van der Waals surface area (Å²) in [4.78, 5) is 13.9. The van der Waals surface area contributed by atoms with Gasteiger partial charge in [-0.1, -0.05) is 12.1 Å². The Balaban J connectivity index is 2.17. The number of para-hydroxylation sites is 1. The van der Waals surface area contributed by atoms with Gasteiger partial charge in [0.1, 0.15) is 5.76 Å². The number of carbonyl (C=O) groups excluding carboxylic acids is 1. The quantitative estimate of drug-likeness (QED) is 0.658. The van der Waals surface area contributed by atoms with E-state index in [4.69, 9.17) is 10.2 Å². The van der Waals surface area contributed by atoms with Crippen molar-refractivity contribution in [3.05, 3.63) is 42.2 Å². The summed E-state index contributed by atoms with van der Waals surface area (Å²) in [5, 5.41) is 1.03. The van der Waals surface area contributed by atoms with Crippen LogP contribution in [0.3, 0.4) is 0 Å². The average Bonchev–Trinajstić information content (AvgIpc) is 2.83. The standard InChI is InChI=1S/C13H10N2O2/c14-12(16)6-5-8-7-11-13(17-8)9-3-1-2-4-10(9)15-11/h1-7,15H,(H2,14,16). The summed E-state index contributed by atoms with van der Waals surface area (Å²) in [5.74, 6) is 0.116. The maximum absolute atomic E-state index is 10.6. The molecule has 2 aromatic heterocycles. The van der Waals surface area contributed by atoms with Gasteiger partial charge in [0.15, 0.2) is 5.58 Å². The van der Waals surface area contributed by atoms with Crippen molar-refractivity contribution < 1.29 is 9.21 Å². The Morgan fingerprint density at radius 1 is 1.29 bits per heavy atom. The van der Waals surface area contributed by atoms with Gasteiger partial charge in [0.2, 0.25) is 5.91 Å². The Bertz CT molecular complexity index is 734. The highest BCUT2D eigenvalue weighted by Crippen LogP contribution is 2.28. The number of nitrogens with one attached hydrogen (secondary N) is 1. The molecule has 1 aromatic carbocycles. The molecule has 0 atom stereocenters. The fourth-order valence-electron chi connectivity index (χ4n) is 1.88. The van der Waals surface area contributed by atoms with Crippen molar-refractivity contribution in [3.8, 4) is 0 Å². The number of fused-ring (bicyclic) bond motifs is 3. The molecular weight excluding hydrogens is 216 g/mol. The first kappa shape index (κ1) is 9.72. The molecule has 3 N–H and O–H groups in total. The van der Waals surface area contributed by atoms with E-state index in [1.807, 2.05) is 30.3 Å². The zero-order valence-corrected chi connectivity index (χ0v) is 8.94. The maximum Gasteiger partial charge on any atom is 0.241 e. The van der Waals surface area contributed by atoms with E-state index in [0.717, 1.165) is 22.0 Å². The molecule has 0 saturated heterocycles. The summed E-state index contributed by atoms with van der Waals surface area (Å²) < 4.78 is 5.65. The molecule has 4 heteroatoms. The van der Waals surface area contributed by atoms with Crippen LogP contribution in [0.15, 0.2) is 40.8 Å². The smallest absolute Gasteiger partial charge is 0.241 e. The number of nitrogens with two attached hydrogens (primary N) is 1. The summed E-state index contributed by atoms with van der Waals surface area (Å²) in [7, 11) is 0. The second-order valence-corrected chi connectivity index (χ2v) is 3.80. The highest BCUT2D eigenvalue weighted by molar-refractivity contribution is 6.04. The first-order valence-electron chi connectivity index (χ1n) is 5.22. The average molecular weight is 226 g/mol. The van der Waals surface area contributed by atoms with Gasteiger partial charge >= 0.3 is 0 Å². The van der Waals surface area contributed by atoms with E-state index in [0.29, 0.717) is 5.76 Å². The molecular formula is C13H10N2O2. The Morgan fingerprint density at radius 3 is 2.94 bits per heavy atom. The SMILES string of the molecule is NC(=O)C=Cc1cc2[nH]c3ccccc3c2o1. The van der Waals surface area contributed by atoms with Gasteiger partial charge in [-0.05, 0) is 18.2 Å². The third kappa shape index (κ3) is 1.59. The zero-order valence-electron chi connectivity index (χ0n) is 8.94. The lowest BCUT2D eigenvalue weighted by molar-refractivity contribution is -0.113. The lowest BCUT2D eigenvalue weighted by atomic mass is 10.2. The number of rotatable bonds is 2. The van der Waals surface area contributed by atoms with Crippen LogP contribution >= 0.6 is 0 Å². The van der Waals surface area contributed by atoms with Crippen molar-refractivity contribution in [2.24, 2.45) is 5.73 Å². The fraction of sp³-hybridized carbons (Fsp3) is 0. The van der Waals surface area contributed by atoms with Gasteiger partial charge in [-0.25, -0.2) is 0 Å². The van der Waals surface area contributed by atoms with Gasteiger partial charge < -0.3 is 15.1 Å². The topological polar surface area (TPSA) is 72.0 Å². The number of H-pyrrole nitrogens is 1. The first-order valence-corrected chi connectivity index (χ1v) is 5.22. The number of carbonyl (C=O) groups is 1. The molecule has 84 valence electrons. The number of hydrogen-bond donors (Lipinski definition) is 2. The third-order valence-corrected chi connectivity index (χ3v) is 2.60. The van der Waals surface area contributed by atoms with Crippen LogP contribution < -0.4 is 5.73 Å². The second-order valence-electron chi connectivity index (χ2n) is 3.80. The molecule has 0 aliphatic carbocycles. The summed E-state index contributed by atoms with van der Waals surface area (Å²) >= 11 is 0. The largest absolute Gasteiger partial charge is 0.454 e. The predicted octanol–water partition coefficient (Wildman–Crippen LogP) is 2.41. The molecule has 0 aliphatic rings. The Hall–Kier alpha value is -2.49. The highest BCUT2D eigenvalue weighted by atomic mass is 16.3. The van der Waals surface area contributed by atoms with Crippen LogP contribution in [0.2, 0.25) is 0 Å². The molecule has 0 unspecified atom stereocenters. The number of benzene rings is 1. The van der Waals surface area contributed by atoms with Crippen molar-refractivity contribution >= 4 is 34.0 Å². The van der Waals surface area contributed by atoms with E-state index in [2.05, 4.69) is 4.98 Å². The number of primary amides is 1. The maximum atomic E-state index is 10.6. The molecule has 3 aromatic rings. The molecule has 4 nitrogen and oxygen atoms in total. The molecule has 17 heavy (non-hydrogen) atoms. The second kappa shape index (κ2) is 3.52. The van der Waals surface area contributed by atoms with Crippen LogP contribution in [0.1, 0.15) is 5.76 Å². The van der Waals surface area contributed by atoms with E-state index in [1.54, 1.807) is 6.08 Å². The fourth-order valence-corrected chi connectivity index (χ4v) is 1.88. The van der Waals surface area contributed by atoms with Gasteiger partial charge in [0, 0.05) is 23.0 Å². The van der Waals surface area contributed by atoms with Gasteiger partial charge in [0.25, 0.3) is 0 Å². The van der Waals surface area contributed by atoms with Crippen molar-refractivity contribution in [1.82, 2.24) is 4.98 Å². The van der Waals surface area contributed by atoms with Crippen molar-refractivity contribution in [2.75, 3.05) is 0 Å². The molecule has 0 saturated carbocycles. The monoisotopic (exact) mass is 226 g/mol. The molecule has 3 rings (SSSR count). The number of furan rings is 1. The molecule has 0 aliphatic heterocycles. The molecule has 0 bridgehead atoms. The number of hydrogen-bond acceptors (Lipinski definition) is 2. The minimum Gasteiger partial charge on any atom is -0.454 e. The van der Waals surface area contributed by atoms with Gasteiger partial charge in [-0.2, -0.15) is 0 Å². The van der Waals surface area contributed by atoms with E-state index in [1.165, 1.54) is 6.08 Å². The molecule has 2 heterocycles. The van der Waals surface area contributed by atoms with Crippen LogP contribution in [0.5, 0.6) is 0 Å². The summed E-state index contributed by atoms with van der Waals surface area (Å²) in [6.45, 7) is 0. The summed E-state index contributed by atoms with van der Waals surface area (Å²) in [6, 6.07) is 9.74. The normalized spacial score (nSPS) is 11.8. The number of aromatic nitrogens is 1. The minimum absolute atomic E-state index is 0.491. The molecule has 0 radical (unpaired) electrons. The third-order valence-electron chi connectivity index (χ3n) is 2.60. The summed E-state index contributed by atoms with van der Waals surface area (Å²) in [5.41, 5.74) is 7.77. The van der Waals surface area contributed by atoms with Gasteiger partial charge in [-0.3, -0.25) is 4.79 Å². The van der Waals surface area contributed by atoms with Crippen LogP contribution in [0.25, 0.3) is 28.1 Å². The predicted molar refractivity (Wildman–Crippen MR) is 66.3 cm³/mol. The molecule has 0 spiro atoms. The van der Waals surface area contributed by atoms with E-state index in [-0.39, 0.29) is 0 Å². The van der Waals surface area contributed by atoms with Gasteiger partial charge in [-0.15, -0.1) is 0 Å². The summed E-state index contributed by atoms with van der Waals surface area (Å²) in [6.07, 6.45) is 2.84. The van der Waals surface area contributed by atoms with Crippen LogP contribution in [-0.4, -0.2) is 10.9 Å². The lowest BCUT2D eigenvalue weighted by Crippen LogP contribution is -2.04. The molecule has 0 fully saturated rings. The zero-order chi connectivity index (χ0) is 11.8. The van der Waals surface area contributed by atoms with Gasteiger partial charge in [0.05, 0.1) is 5.52 Å². The number of amides is 1. The Kier molecular flexibility index (Phi) is 2.01. The first-order chi connectivity index (χ1) is 8.24. The molecule has 1 amide bonds. The van der Waals surface area contributed by atoms with E-state index < -0.39 is 5.91 Å². The van der Waals surface area contributed by atoms with Crippen LogP contribution in [0, 0.1) is 0 Å². The van der Waals surface area contributed by atoms with Crippen molar-refractivity contribution in [2.45, 2.75) is 0 Å². The van der Waals surface area contributed by atoms with Crippen LogP contribution in [-0.2, 0) is 4.79 Å². The van der Waals surface area contributed by atoms with E-state index in [9.17, 15) is 4.79 Å². The lowest BCUT2D eigenvalue weighted by Gasteiger charge is -1.88. The minimum atomic E-state index is -0.491. The van der Waals surface area contributed by atoms with E-state index >= 15 is 0 Å².